The van der Waals surface area contributed by atoms with Gasteiger partial charge in [0.25, 0.3) is 0 Å². The highest BCUT2D eigenvalue weighted by Gasteiger charge is 2.43. The third-order valence-electron chi connectivity index (χ3n) is 4.53. The van der Waals surface area contributed by atoms with Crippen molar-refractivity contribution >= 4 is 21.8 Å². The number of urea groups is 1. The molecule has 8 heteroatoms. The van der Waals surface area contributed by atoms with Crippen LogP contribution in [-0.4, -0.2) is 43.1 Å². The summed E-state index contributed by atoms with van der Waals surface area (Å²) in [5, 5.41) is 14.1. The molecule has 7 nitrogen and oxygen atoms in total. The van der Waals surface area contributed by atoms with Gasteiger partial charge in [0.2, 0.25) is 0 Å². The van der Waals surface area contributed by atoms with Crippen molar-refractivity contribution in [1.29, 1.82) is 0 Å². The van der Waals surface area contributed by atoms with Gasteiger partial charge in [-0.3, -0.25) is 0 Å². The Morgan fingerprint density at radius 3 is 2.21 bits per heavy atom. The van der Waals surface area contributed by atoms with Crippen LogP contribution in [0.3, 0.4) is 0 Å². The molecule has 132 valence electrons. The molecule has 0 spiro atoms. The first kappa shape index (κ1) is 18.3. The fraction of sp³-hybridized carbons (Fsp3) is 0.500. The summed E-state index contributed by atoms with van der Waals surface area (Å²) < 4.78 is 23.2. The maximum atomic E-state index is 12.0. The van der Waals surface area contributed by atoms with Gasteiger partial charge in [-0.15, -0.1) is 0 Å². The second-order valence-electron chi connectivity index (χ2n) is 6.20. The van der Waals surface area contributed by atoms with Gasteiger partial charge in [-0.2, -0.15) is 0 Å². The topological polar surface area (TPSA) is 113 Å². The lowest BCUT2D eigenvalue weighted by atomic mass is 10.1. The van der Waals surface area contributed by atoms with Gasteiger partial charge >= 0.3 is 12.0 Å². The van der Waals surface area contributed by atoms with E-state index in [1.807, 2.05) is 0 Å². The highest BCUT2D eigenvalue weighted by molar-refractivity contribution is 7.92. The molecule has 0 bridgehead atoms. The fourth-order valence-corrected chi connectivity index (χ4v) is 4.31. The Bertz CT molecular complexity index is 706. The maximum absolute atomic E-state index is 12.0. The van der Waals surface area contributed by atoms with Gasteiger partial charge < -0.3 is 15.7 Å². The molecule has 1 aromatic carbocycles. The summed E-state index contributed by atoms with van der Waals surface area (Å²) in [6, 6.07) is 5.74. The molecule has 0 heterocycles. The van der Waals surface area contributed by atoms with Crippen molar-refractivity contribution in [3.63, 3.8) is 0 Å². The number of aromatic carboxylic acids is 1. The van der Waals surface area contributed by atoms with Crippen molar-refractivity contribution in [3.8, 4) is 0 Å². The van der Waals surface area contributed by atoms with Crippen molar-refractivity contribution < 1.29 is 23.1 Å². The smallest absolute Gasteiger partial charge is 0.335 e. The number of hydrogen-bond donors (Lipinski definition) is 3. The van der Waals surface area contributed by atoms with Crippen molar-refractivity contribution in [3.05, 3.63) is 35.4 Å². The average Bonchev–Trinajstić information content (AvgIpc) is 3.01. The van der Waals surface area contributed by atoms with Crippen LogP contribution < -0.4 is 10.6 Å². The van der Waals surface area contributed by atoms with Crippen LogP contribution in [0, 0.1) is 0 Å². The average molecular weight is 354 g/mol. The Morgan fingerprint density at radius 1 is 1.12 bits per heavy atom. The number of benzene rings is 1. The van der Waals surface area contributed by atoms with Crippen LogP contribution in [0.5, 0.6) is 0 Å². The number of rotatable bonds is 6. The van der Waals surface area contributed by atoms with Crippen LogP contribution in [0.4, 0.5) is 4.79 Å². The second-order valence-corrected chi connectivity index (χ2v) is 8.61. The lowest BCUT2D eigenvalue weighted by Gasteiger charge is -2.27. The molecule has 0 saturated heterocycles. The van der Waals surface area contributed by atoms with Crippen LogP contribution in [0.15, 0.2) is 24.3 Å². The van der Waals surface area contributed by atoms with Crippen LogP contribution in [0.25, 0.3) is 0 Å². The summed E-state index contributed by atoms with van der Waals surface area (Å²) in [4.78, 5) is 22.7. The predicted octanol–water partition coefficient (Wildman–Crippen LogP) is 1.54. The van der Waals surface area contributed by atoms with Crippen LogP contribution in [0.2, 0.25) is 0 Å². The van der Waals surface area contributed by atoms with Crippen molar-refractivity contribution in [2.24, 2.45) is 0 Å². The third kappa shape index (κ3) is 4.25. The van der Waals surface area contributed by atoms with Crippen molar-refractivity contribution in [2.45, 2.75) is 37.0 Å². The zero-order valence-corrected chi connectivity index (χ0v) is 14.4. The van der Waals surface area contributed by atoms with Gasteiger partial charge in [0, 0.05) is 19.3 Å². The molecule has 2 rings (SSSR count). The Labute approximate surface area is 141 Å². The van der Waals surface area contributed by atoms with E-state index in [0.717, 1.165) is 18.4 Å². The molecule has 1 aromatic rings. The standard InChI is InChI=1S/C16H22N2O5S/c1-24(22,23)16(8-2-3-9-16)11-18-15(21)17-10-12-4-6-13(7-5-12)14(19)20/h4-7H,2-3,8-11H2,1H3,(H,19,20)(H2,17,18,21). The second kappa shape index (κ2) is 7.21. The third-order valence-corrected chi connectivity index (χ3v) is 6.65. The Balaban J connectivity index is 1.86. The monoisotopic (exact) mass is 354 g/mol. The van der Waals surface area contributed by atoms with E-state index in [0.29, 0.717) is 12.8 Å². The number of hydrogen-bond acceptors (Lipinski definition) is 4. The molecule has 0 atom stereocenters. The molecular weight excluding hydrogens is 332 g/mol. The summed E-state index contributed by atoms with van der Waals surface area (Å²) in [7, 11) is -3.24. The minimum absolute atomic E-state index is 0.107. The van der Waals surface area contributed by atoms with Crippen molar-refractivity contribution in [1.82, 2.24) is 10.6 Å². The first-order valence-corrected chi connectivity index (χ1v) is 9.66. The predicted molar refractivity (Wildman–Crippen MR) is 89.7 cm³/mol. The number of sulfone groups is 1. The molecule has 1 aliphatic rings. The van der Waals surface area contributed by atoms with Crippen molar-refractivity contribution in [2.75, 3.05) is 12.8 Å². The summed E-state index contributed by atoms with van der Waals surface area (Å²) in [5.41, 5.74) is 0.938. The number of carboxylic acids is 1. The normalized spacial score (nSPS) is 16.5. The molecule has 3 N–H and O–H groups in total. The van der Waals surface area contributed by atoms with E-state index >= 15 is 0 Å². The van der Waals surface area contributed by atoms with E-state index in [1.165, 1.54) is 18.4 Å². The number of carbonyl (C=O) groups excluding carboxylic acids is 1. The lowest BCUT2D eigenvalue weighted by Crippen LogP contribution is -2.48. The number of carbonyl (C=O) groups is 2. The Hall–Kier alpha value is -2.09. The molecule has 0 unspecified atom stereocenters. The fourth-order valence-electron chi connectivity index (χ4n) is 2.95. The zero-order valence-electron chi connectivity index (χ0n) is 13.5. The molecular formula is C16H22N2O5S. The maximum Gasteiger partial charge on any atom is 0.335 e. The first-order valence-electron chi connectivity index (χ1n) is 7.77. The number of nitrogens with one attached hydrogen (secondary N) is 2. The summed E-state index contributed by atoms with van der Waals surface area (Å²) in [6.07, 6.45) is 4.08. The van der Waals surface area contributed by atoms with Gasteiger partial charge in [-0.25, -0.2) is 18.0 Å². The van der Waals surface area contributed by atoms with Crippen LogP contribution in [0.1, 0.15) is 41.6 Å². The zero-order chi connectivity index (χ0) is 17.8. The van der Waals surface area contributed by atoms with E-state index in [4.69, 9.17) is 5.11 Å². The first-order chi connectivity index (χ1) is 11.2. The van der Waals surface area contributed by atoms with Gasteiger partial charge in [0.05, 0.1) is 10.3 Å². The van der Waals surface area contributed by atoms with Crippen LogP contribution in [-0.2, 0) is 16.4 Å². The van der Waals surface area contributed by atoms with E-state index < -0.39 is 26.6 Å². The van der Waals surface area contributed by atoms with Gasteiger partial charge in [0.1, 0.15) is 0 Å². The van der Waals surface area contributed by atoms with E-state index in [1.54, 1.807) is 12.1 Å². The SMILES string of the molecule is CS(=O)(=O)C1(CNC(=O)NCc2ccc(C(=O)O)cc2)CCCC1. The molecule has 0 aliphatic heterocycles. The molecule has 1 fully saturated rings. The molecule has 1 aliphatic carbocycles. The summed E-state index contributed by atoms with van der Waals surface area (Å²) in [6.45, 7) is 0.341. The lowest BCUT2D eigenvalue weighted by molar-refractivity contribution is 0.0697. The van der Waals surface area contributed by atoms with E-state index in [9.17, 15) is 18.0 Å². The summed E-state index contributed by atoms with van der Waals surface area (Å²) in [5.74, 6) is -1.00. The number of carboxylic acid groups (broad SMARTS) is 1. The Morgan fingerprint density at radius 2 is 1.71 bits per heavy atom. The Kier molecular flexibility index (Phi) is 5.48. The van der Waals surface area contributed by atoms with E-state index in [2.05, 4.69) is 10.6 Å². The largest absolute Gasteiger partial charge is 0.478 e. The number of amides is 2. The molecule has 1 saturated carbocycles. The molecule has 24 heavy (non-hydrogen) atoms. The van der Waals surface area contributed by atoms with E-state index in [-0.39, 0.29) is 18.7 Å². The summed E-state index contributed by atoms with van der Waals surface area (Å²) >= 11 is 0. The molecule has 0 radical (unpaired) electrons. The van der Waals surface area contributed by atoms with Crippen LogP contribution >= 0.6 is 0 Å². The quantitative estimate of drug-likeness (QED) is 0.717. The molecule has 2 amide bonds. The minimum atomic E-state index is -3.24. The van der Waals surface area contributed by atoms with Gasteiger partial charge in [-0.1, -0.05) is 25.0 Å². The highest BCUT2D eigenvalue weighted by atomic mass is 32.2. The minimum Gasteiger partial charge on any atom is -0.478 e. The highest BCUT2D eigenvalue weighted by Crippen LogP contribution is 2.35. The molecule has 0 aromatic heterocycles. The van der Waals surface area contributed by atoms with Gasteiger partial charge in [-0.05, 0) is 30.5 Å². The van der Waals surface area contributed by atoms with Gasteiger partial charge in [0.15, 0.2) is 9.84 Å².